The van der Waals surface area contributed by atoms with Gasteiger partial charge in [-0.05, 0) is 30.6 Å². The van der Waals surface area contributed by atoms with Crippen molar-refractivity contribution in [2.24, 2.45) is 0 Å². The van der Waals surface area contributed by atoms with Gasteiger partial charge in [0.1, 0.15) is 0 Å². The van der Waals surface area contributed by atoms with Crippen LogP contribution in [0.2, 0.25) is 0 Å². The summed E-state index contributed by atoms with van der Waals surface area (Å²) in [5.74, 6) is 0. The molecule has 0 saturated heterocycles. The molecule has 1 heteroatoms. The van der Waals surface area contributed by atoms with E-state index in [1.807, 2.05) is 6.07 Å². The number of rotatable bonds is 5. The van der Waals surface area contributed by atoms with E-state index in [1.165, 1.54) is 17.6 Å². The van der Waals surface area contributed by atoms with Crippen LogP contribution in [-0.2, 0) is 0 Å². The van der Waals surface area contributed by atoms with Gasteiger partial charge in [0, 0.05) is 4.48 Å². The Balaban J connectivity index is 2.62. The first kappa shape index (κ1) is 14.0. The molecule has 0 aliphatic heterocycles. The Labute approximate surface area is 113 Å². The minimum atomic E-state index is 1.12. The summed E-state index contributed by atoms with van der Waals surface area (Å²) < 4.78 is 1.15. The molecule has 0 unspecified atom stereocenters. The van der Waals surface area contributed by atoms with Crippen molar-refractivity contribution in [3.8, 4) is 0 Å². The Morgan fingerprint density at radius 1 is 1.24 bits per heavy atom. The molecule has 1 aromatic carbocycles. The van der Waals surface area contributed by atoms with Crippen molar-refractivity contribution in [1.29, 1.82) is 0 Å². The van der Waals surface area contributed by atoms with Gasteiger partial charge in [-0.2, -0.15) is 0 Å². The van der Waals surface area contributed by atoms with Gasteiger partial charge in [0.15, 0.2) is 0 Å². The van der Waals surface area contributed by atoms with E-state index < -0.39 is 0 Å². The third kappa shape index (κ3) is 5.69. The summed E-state index contributed by atoms with van der Waals surface area (Å²) in [5, 5.41) is 0. The van der Waals surface area contributed by atoms with Crippen LogP contribution >= 0.6 is 15.9 Å². The standard InChI is InChI=1S/C16H19Br/c1-3-4-12-16(17)13-8-9-14(2)15-10-6-5-7-11-15/h5-13H,3-4H2,1-2H3/b13-8-,14-9+,16-12-. The third-order valence-corrected chi connectivity index (χ3v) is 3.05. The lowest BCUT2D eigenvalue weighted by Crippen LogP contribution is -1.76. The highest BCUT2D eigenvalue weighted by atomic mass is 79.9. The van der Waals surface area contributed by atoms with Crippen molar-refractivity contribution in [3.63, 3.8) is 0 Å². The molecule has 0 fully saturated rings. The fourth-order valence-electron chi connectivity index (χ4n) is 1.43. The fourth-order valence-corrected chi connectivity index (χ4v) is 1.81. The minimum absolute atomic E-state index is 1.12. The third-order valence-electron chi connectivity index (χ3n) is 2.46. The van der Waals surface area contributed by atoms with E-state index in [-0.39, 0.29) is 0 Å². The summed E-state index contributed by atoms with van der Waals surface area (Å²) in [6, 6.07) is 10.4. The van der Waals surface area contributed by atoms with Crippen LogP contribution < -0.4 is 0 Å². The molecule has 0 radical (unpaired) electrons. The predicted octanol–water partition coefficient (Wildman–Crippen LogP) is 5.73. The zero-order chi connectivity index (χ0) is 12.5. The van der Waals surface area contributed by atoms with Gasteiger partial charge in [0.25, 0.3) is 0 Å². The number of unbranched alkanes of at least 4 members (excludes halogenated alkanes) is 1. The number of hydrogen-bond acceptors (Lipinski definition) is 0. The quantitative estimate of drug-likeness (QED) is 0.608. The molecular formula is C16H19Br. The first-order chi connectivity index (χ1) is 8.24. The normalized spacial score (nSPS) is 13.4. The van der Waals surface area contributed by atoms with Crippen molar-refractivity contribution in [1.82, 2.24) is 0 Å². The second-order valence-electron chi connectivity index (χ2n) is 3.95. The largest absolute Gasteiger partial charge is 0.0703 e. The van der Waals surface area contributed by atoms with E-state index in [1.54, 1.807) is 0 Å². The summed E-state index contributed by atoms with van der Waals surface area (Å²) in [5.41, 5.74) is 2.54. The lowest BCUT2D eigenvalue weighted by Gasteiger charge is -1.98. The Hall–Kier alpha value is -1.08. The molecule has 0 aliphatic rings. The Morgan fingerprint density at radius 3 is 2.59 bits per heavy atom. The summed E-state index contributed by atoms with van der Waals surface area (Å²) in [6.07, 6.45) is 10.8. The van der Waals surface area contributed by atoms with E-state index >= 15 is 0 Å². The molecule has 1 rings (SSSR count). The van der Waals surface area contributed by atoms with E-state index in [0.29, 0.717) is 0 Å². The summed E-state index contributed by atoms with van der Waals surface area (Å²) in [6.45, 7) is 4.31. The molecule has 0 bridgehead atoms. The van der Waals surface area contributed by atoms with Crippen molar-refractivity contribution in [3.05, 3.63) is 64.7 Å². The molecule has 0 atom stereocenters. The SMILES string of the molecule is CCC/C=C(Br)/C=C\C=C(/C)c1ccccc1. The molecule has 17 heavy (non-hydrogen) atoms. The van der Waals surface area contributed by atoms with Crippen LogP contribution in [0.25, 0.3) is 5.57 Å². The summed E-state index contributed by atoms with van der Waals surface area (Å²) in [7, 11) is 0. The van der Waals surface area contributed by atoms with E-state index in [4.69, 9.17) is 0 Å². The van der Waals surface area contributed by atoms with Crippen LogP contribution in [0.5, 0.6) is 0 Å². The minimum Gasteiger partial charge on any atom is -0.0703 e. The predicted molar refractivity (Wildman–Crippen MR) is 81.2 cm³/mol. The molecule has 0 N–H and O–H groups in total. The van der Waals surface area contributed by atoms with Crippen LogP contribution in [0.4, 0.5) is 0 Å². The van der Waals surface area contributed by atoms with Gasteiger partial charge in [-0.1, -0.05) is 77.8 Å². The molecule has 0 nitrogen and oxygen atoms in total. The molecule has 90 valence electrons. The fraction of sp³-hybridized carbons (Fsp3) is 0.250. The Kier molecular flexibility index (Phi) is 6.64. The Bertz CT molecular complexity index is 410. The topological polar surface area (TPSA) is 0 Å². The van der Waals surface area contributed by atoms with Gasteiger partial charge in [-0.3, -0.25) is 0 Å². The van der Waals surface area contributed by atoms with Gasteiger partial charge in [0.2, 0.25) is 0 Å². The smallest absolute Gasteiger partial charge is 0.0135 e. The molecule has 0 aliphatic carbocycles. The van der Waals surface area contributed by atoms with Crippen molar-refractivity contribution in [2.45, 2.75) is 26.7 Å². The zero-order valence-electron chi connectivity index (χ0n) is 10.5. The van der Waals surface area contributed by atoms with Crippen molar-refractivity contribution >= 4 is 21.5 Å². The van der Waals surface area contributed by atoms with Crippen LogP contribution in [0.15, 0.2) is 59.1 Å². The second-order valence-corrected chi connectivity index (χ2v) is 4.87. The van der Waals surface area contributed by atoms with Crippen LogP contribution in [0.3, 0.4) is 0 Å². The molecule has 0 spiro atoms. The highest BCUT2D eigenvalue weighted by Crippen LogP contribution is 2.14. The first-order valence-corrected chi connectivity index (χ1v) is 6.79. The van der Waals surface area contributed by atoms with Gasteiger partial charge in [0.05, 0.1) is 0 Å². The highest BCUT2D eigenvalue weighted by molar-refractivity contribution is 9.11. The van der Waals surface area contributed by atoms with Gasteiger partial charge in [-0.25, -0.2) is 0 Å². The average Bonchev–Trinajstić information content (AvgIpc) is 2.37. The lowest BCUT2D eigenvalue weighted by atomic mass is 10.1. The molecule has 0 saturated carbocycles. The van der Waals surface area contributed by atoms with E-state index in [9.17, 15) is 0 Å². The van der Waals surface area contributed by atoms with Gasteiger partial charge in [-0.15, -0.1) is 0 Å². The summed E-state index contributed by atoms with van der Waals surface area (Å²) in [4.78, 5) is 0. The molecule has 1 aromatic rings. The number of allylic oxidation sites excluding steroid dienone is 6. The van der Waals surface area contributed by atoms with Gasteiger partial charge < -0.3 is 0 Å². The highest BCUT2D eigenvalue weighted by Gasteiger charge is 1.90. The number of benzene rings is 1. The van der Waals surface area contributed by atoms with Crippen LogP contribution in [0, 0.1) is 0 Å². The maximum Gasteiger partial charge on any atom is 0.0135 e. The molecular weight excluding hydrogens is 272 g/mol. The second kappa shape index (κ2) is 8.08. The Morgan fingerprint density at radius 2 is 1.94 bits per heavy atom. The van der Waals surface area contributed by atoms with Crippen molar-refractivity contribution < 1.29 is 0 Å². The maximum absolute atomic E-state index is 3.53. The number of hydrogen-bond donors (Lipinski definition) is 0. The van der Waals surface area contributed by atoms with Crippen molar-refractivity contribution in [2.75, 3.05) is 0 Å². The van der Waals surface area contributed by atoms with Gasteiger partial charge >= 0.3 is 0 Å². The summed E-state index contributed by atoms with van der Waals surface area (Å²) >= 11 is 3.53. The zero-order valence-corrected chi connectivity index (χ0v) is 12.1. The molecule has 0 amide bonds. The van der Waals surface area contributed by atoms with Crippen LogP contribution in [0.1, 0.15) is 32.3 Å². The number of halogens is 1. The lowest BCUT2D eigenvalue weighted by molar-refractivity contribution is 0.958. The maximum atomic E-state index is 3.53. The average molecular weight is 291 g/mol. The molecule has 0 aromatic heterocycles. The van der Waals surface area contributed by atoms with E-state index in [0.717, 1.165) is 10.9 Å². The van der Waals surface area contributed by atoms with E-state index in [2.05, 4.69) is 78.3 Å². The monoisotopic (exact) mass is 290 g/mol. The molecule has 0 heterocycles. The first-order valence-electron chi connectivity index (χ1n) is 6.00. The van der Waals surface area contributed by atoms with Crippen LogP contribution in [-0.4, -0.2) is 0 Å².